The van der Waals surface area contributed by atoms with Gasteiger partial charge in [-0.25, -0.2) is 4.98 Å². The summed E-state index contributed by atoms with van der Waals surface area (Å²) in [6.07, 6.45) is 3.46. The number of nitrogens with two attached hydrogens (primary N) is 1. The number of aromatic nitrogens is 1. The summed E-state index contributed by atoms with van der Waals surface area (Å²) >= 11 is 1.38. The molecule has 0 aliphatic heterocycles. The number of carbonyl (C=O) groups is 1. The van der Waals surface area contributed by atoms with Crippen LogP contribution in [0.1, 0.15) is 41.6 Å². The molecule has 5 heteroatoms. The van der Waals surface area contributed by atoms with Gasteiger partial charge in [0.05, 0.1) is 5.69 Å². The van der Waals surface area contributed by atoms with Crippen molar-refractivity contribution in [2.75, 3.05) is 5.73 Å². The smallest absolute Gasteiger partial charge is 0.263 e. The molecule has 0 saturated heterocycles. The van der Waals surface area contributed by atoms with E-state index in [1.807, 2.05) is 19.1 Å². The topological polar surface area (TPSA) is 68.0 Å². The summed E-state index contributed by atoms with van der Waals surface area (Å²) in [4.78, 5) is 18.2. The van der Waals surface area contributed by atoms with E-state index in [0.29, 0.717) is 22.5 Å². The number of hydrogen-bond acceptors (Lipinski definition) is 4. The van der Waals surface area contributed by atoms with Gasteiger partial charge in [-0.1, -0.05) is 13.3 Å². The molecule has 1 fully saturated rings. The Bertz CT molecular complexity index is 664. The van der Waals surface area contributed by atoms with Crippen molar-refractivity contribution in [3.8, 4) is 0 Å². The van der Waals surface area contributed by atoms with E-state index >= 15 is 0 Å². The number of carbonyl (C=O) groups excluding carboxylic acids is 1. The Morgan fingerprint density at radius 2 is 2.35 bits per heavy atom. The molecule has 0 spiro atoms. The normalized spacial score (nSPS) is 21.1. The van der Waals surface area contributed by atoms with E-state index in [1.165, 1.54) is 24.2 Å². The van der Waals surface area contributed by atoms with Gasteiger partial charge in [0.25, 0.3) is 5.91 Å². The number of fused-ring (bicyclic) bond motifs is 1. The molecule has 2 heterocycles. The van der Waals surface area contributed by atoms with E-state index in [-0.39, 0.29) is 5.91 Å². The maximum absolute atomic E-state index is 12.3. The minimum absolute atomic E-state index is 0.0493. The zero-order valence-corrected chi connectivity index (χ0v) is 12.6. The Morgan fingerprint density at radius 1 is 1.55 bits per heavy atom. The van der Waals surface area contributed by atoms with Crippen molar-refractivity contribution < 1.29 is 4.79 Å². The Balaban J connectivity index is 1.80. The molecular weight excluding hydrogens is 270 g/mol. The average Bonchev–Trinajstić information content (AvgIpc) is 3.04. The molecule has 2 aromatic heterocycles. The van der Waals surface area contributed by atoms with Crippen LogP contribution in [-0.4, -0.2) is 16.9 Å². The Morgan fingerprint density at radius 3 is 3.10 bits per heavy atom. The second-order valence-corrected chi connectivity index (χ2v) is 6.51. The third-order valence-corrected chi connectivity index (χ3v) is 4.95. The molecule has 1 aliphatic rings. The molecule has 3 N–H and O–H groups in total. The molecule has 0 aromatic carbocycles. The number of amides is 1. The second-order valence-electron chi connectivity index (χ2n) is 5.51. The molecule has 1 aliphatic carbocycles. The van der Waals surface area contributed by atoms with Gasteiger partial charge in [-0.05, 0) is 37.8 Å². The van der Waals surface area contributed by atoms with Crippen LogP contribution in [0.4, 0.5) is 5.69 Å². The van der Waals surface area contributed by atoms with Crippen LogP contribution in [0.15, 0.2) is 12.1 Å². The molecule has 106 valence electrons. The van der Waals surface area contributed by atoms with Crippen molar-refractivity contribution >= 4 is 33.1 Å². The van der Waals surface area contributed by atoms with Crippen LogP contribution < -0.4 is 11.1 Å². The molecule has 0 radical (unpaired) electrons. The molecule has 1 saturated carbocycles. The van der Waals surface area contributed by atoms with Crippen molar-refractivity contribution in [2.24, 2.45) is 5.92 Å². The minimum atomic E-state index is -0.0493. The summed E-state index contributed by atoms with van der Waals surface area (Å²) in [5, 5.41) is 3.97. The van der Waals surface area contributed by atoms with Gasteiger partial charge >= 0.3 is 0 Å². The van der Waals surface area contributed by atoms with Crippen LogP contribution in [0, 0.1) is 12.8 Å². The van der Waals surface area contributed by atoms with Crippen LogP contribution in [-0.2, 0) is 0 Å². The number of aryl methyl sites for hydroxylation is 1. The fourth-order valence-corrected chi connectivity index (χ4v) is 3.65. The number of hydrogen-bond donors (Lipinski definition) is 2. The van der Waals surface area contributed by atoms with E-state index < -0.39 is 0 Å². The number of nitrogens with zero attached hydrogens (tertiary/aromatic N) is 1. The molecule has 2 unspecified atom stereocenters. The highest BCUT2D eigenvalue weighted by molar-refractivity contribution is 7.21. The second kappa shape index (κ2) is 5.05. The van der Waals surface area contributed by atoms with Crippen molar-refractivity contribution in [1.29, 1.82) is 0 Å². The van der Waals surface area contributed by atoms with Crippen LogP contribution in [0.5, 0.6) is 0 Å². The third kappa shape index (κ3) is 2.38. The number of thiophene rings is 1. The first-order valence-corrected chi connectivity index (χ1v) is 7.88. The fourth-order valence-electron chi connectivity index (χ4n) is 2.61. The van der Waals surface area contributed by atoms with Crippen molar-refractivity contribution in [1.82, 2.24) is 10.3 Å². The van der Waals surface area contributed by atoms with E-state index in [9.17, 15) is 4.79 Å². The summed E-state index contributed by atoms with van der Waals surface area (Å²) in [5.74, 6) is 0.603. The van der Waals surface area contributed by atoms with E-state index in [4.69, 9.17) is 5.73 Å². The summed E-state index contributed by atoms with van der Waals surface area (Å²) in [6.45, 7) is 4.11. The molecule has 1 amide bonds. The minimum Gasteiger partial charge on any atom is -0.397 e. The summed E-state index contributed by atoms with van der Waals surface area (Å²) in [6, 6.07) is 4.20. The zero-order valence-electron chi connectivity index (χ0n) is 11.8. The lowest BCUT2D eigenvalue weighted by Gasteiger charge is -2.03. The quantitative estimate of drug-likeness (QED) is 0.908. The summed E-state index contributed by atoms with van der Waals surface area (Å²) in [7, 11) is 0. The van der Waals surface area contributed by atoms with Crippen LogP contribution in [0.25, 0.3) is 10.2 Å². The van der Waals surface area contributed by atoms with E-state index in [1.54, 1.807) is 0 Å². The van der Waals surface area contributed by atoms with Crippen molar-refractivity contribution in [3.05, 3.63) is 22.7 Å². The van der Waals surface area contributed by atoms with E-state index in [0.717, 1.165) is 22.3 Å². The predicted octanol–water partition coefficient (Wildman–Crippen LogP) is 3.11. The van der Waals surface area contributed by atoms with Crippen LogP contribution >= 0.6 is 11.3 Å². The number of nitrogen functional groups attached to an aromatic ring is 1. The number of nitrogens with one attached hydrogen (secondary N) is 1. The Labute approximate surface area is 122 Å². The molecule has 2 atom stereocenters. The maximum atomic E-state index is 12.3. The van der Waals surface area contributed by atoms with Gasteiger partial charge in [0.2, 0.25) is 0 Å². The van der Waals surface area contributed by atoms with Gasteiger partial charge in [-0.2, -0.15) is 0 Å². The highest BCUT2D eigenvalue weighted by Crippen LogP contribution is 2.36. The van der Waals surface area contributed by atoms with Gasteiger partial charge in [-0.15, -0.1) is 11.3 Å². The monoisotopic (exact) mass is 289 g/mol. The van der Waals surface area contributed by atoms with Gasteiger partial charge < -0.3 is 11.1 Å². The summed E-state index contributed by atoms with van der Waals surface area (Å²) in [5.41, 5.74) is 7.59. The van der Waals surface area contributed by atoms with Gasteiger partial charge in [0, 0.05) is 17.1 Å². The maximum Gasteiger partial charge on any atom is 0.263 e. The van der Waals surface area contributed by atoms with Gasteiger partial charge in [0.1, 0.15) is 9.71 Å². The Hall–Kier alpha value is -1.62. The standard InChI is InChI=1S/C15H19N3OS/c1-3-4-9-7-11(9)18-14(19)13-12(16)10-6-5-8(2)17-15(10)20-13/h5-6,9,11H,3-4,7,16H2,1-2H3,(H,18,19). The molecule has 2 aromatic rings. The summed E-state index contributed by atoms with van der Waals surface area (Å²) < 4.78 is 0. The average molecular weight is 289 g/mol. The molecule has 0 bridgehead atoms. The van der Waals surface area contributed by atoms with Gasteiger partial charge in [0.15, 0.2) is 0 Å². The first kappa shape index (κ1) is 13.4. The number of anilines is 1. The van der Waals surface area contributed by atoms with Crippen molar-refractivity contribution in [3.63, 3.8) is 0 Å². The Kier molecular flexibility index (Phi) is 3.38. The highest BCUT2D eigenvalue weighted by Gasteiger charge is 2.37. The lowest BCUT2D eigenvalue weighted by Crippen LogP contribution is -2.26. The van der Waals surface area contributed by atoms with Crippen LogP contribution in [0.2, 0.25) is 0 Å². The predicted molar refractivity (Wildman–Crippen MR) is 83.0 cm³/mol. The van der Waals surface area contributed by atoms with E-state index in [2.05, 4.69) is 17.2 Å². The lowest BCUT2D eigenvalue weighted by molar-refractivity contribution is 0.0953. The van der Waals surface area contributed by atoms with Crippen LogP contribution in [0.3, 0.4) is 0 Å². The first-order chi connectivity index (χ1) is 9.60. The lowest BCUT2D eigenvalue weighted by atomic mass is 10.2. The molecule has 20 heavy (non-hydrogen) atoms. The molecule has 4 nitrogen and oxygen atoms in total. The fraction of sp³-hybridized carbons (Fsp3) is 0.467. The van der Waals surface area contributed by atoms with Gasteiger partial charge in [-0.3, -0.25) is 4.79 Å². The zero-order chi connectivity index (χ0) is 14.3. The number of pyridine rings is 1. The first-order valence-electron chi connectivity index (χ1n) is 7.06. The largest absolute Gasteiger partial charge is 0.397 e. The molecular formula is C15H19N3OS. The molecule has 3 rings (SSSR count). The SMILES string of the molecule is CCCC1CC1NC(=O)c1sc2nc(C)ccc2c1N. The third-order valence-electron chi connectivity index (χ3n) is 3.84. The van der Waals surface area contributed by atoms with Crippen molar-refractivity contribution in [2.45, 2.75) is 39.2 Å². The highest BCUT2D eigenvalue weighted by atomic mass is 32.1. The number of rotatable bonds is 4.